The molecule has 1 N–H and O–H groups in total. The Labute approximate surface area is 114 Å². The van der Waals surface area contributed by atoms with Gasteiger partial charge < -0.3 is 14.4 Å². The van der Waals surface area contributed by atoms with Gasteiger partial charge in [-0.15, -0.1) is 0 Å². The van der Waals surface area contributed by atoms with Gasteiger partial charge in [0.25, 0.3) is 0 Å². The molecule has 19 heavy (non-hydrogen) atoms. The molecule has 0 amide bonds. The van der Waals surface area contributed by atoms with Gasteiger partial charge in [-0.1, -0.05) is 25.4 Å². The van der Waals surface area contributed by atoms with E-state index in [1.165, 1.54) is 12.0 Å². The monoisotopic (exact) mass is 262 g/mol. The van der Waals surface area contributed by atoms with Crippen LogP contribution in [0.4, 0.5) is 0 Å². The summed E-state index contributed by atoms with van der Waals surface area (Å²) >= 11 is 0. The van der Waals surface area contributed by atoms with E-state index in [0.717, 1.165) is 18.7 Å². The first-order chi connectivity index (χ1) is 9.26. The second-order valence-electron chi connectivity index (χ2n) is 4.71. The van der Waals surface area contributed by atoms with E-state index in [1.807, 2.05) is 14.0 Å². The van der Waals surface area contributed by atoms with Crippen LogP contribution in [0.3, 0.4) is 0 Å². The van der Waals surface area contributed by atoms with Crippen molar-refractivity contribution in [2.24, 2.45) is 0 Å². The van der Waals surface area contributed by atoms with Crippen molar-refractivity contribution < 1.29 is 4.52 Å². The summed E-state index contributed by atoms with van der Waals surface area (Å²) in [5.41, 5.74) is 1.31. The summed E-state index contributed by atoms with van der Waals surface area (Å²) in [6, 6.07) is 2.57. The molecule has 5 heteroatoms. The predicted molar refractivity (Wildman–Crippen MR) is 73.9 cm³/mol. The topological polar surface area (TPSA) is 55.9 Å². The highest BCUT2D eigenvalue weighted by Gasteiger charge is 2.10. The van der Waals surface area contributed by atoms with Crippen LogP contribution in [0.25, 0.3) is 0 Å². The minimum absolute atomic E-state index is 0.419. The Hall–Kier alpha value is -1.62. The Morgan fingerprint density at radius 2 is 2.26 bits per heavy atom. The number of aryl methyl sites for hydroxylation is 1. The van der Waals surface area contributed by atoms with Crippen molar-refractivity contribution in [1.29, 1.82) is 0 Å². The molecule has 0 radical (unpaired) electrons. The summed E-state index contributed by atoms with van der Waals surface area (Å²) in [5.74, 6) is 1.43. The molecule has 0 saturated heterocycles. The van der Waals surface area contributed by atoms with E-state index in [1.54, 1.807) is 0 Å². The summed E-state index contributed by atoms with van der Waals surface area (Å²) in [5, 5.41) is 7.32. The Bertz CT molecular complexity index is 503. The highest BCUT2D eigenvalue weighted by atomic mass is 16.5. The SMILES string of the molecule is CCCC(NC)c1ccn(Cc2noc(CC)n2)c1. The molecule has 0 aliphatic rings. The Balaban J connectivity index is 2.04. The van der Waals surface area contributed by atoms with Gasteiger partial charge in [-0.05, 0) is 25.1 Å². The molecule has 1 unspecified atom stereocenters. The highest BCUT2D eigenvalue weighted by Crippen LogP contribution is 2.18. The molecule has 2 heterocycles. The largest absolute Gasteiger partial charge is 0.346 e. The quantitative estimate of drug-likeness (QED) is 0.833. The molecule has 2 rings (SSSR count). The molecular weight excluding hydrogens is 240 g/mol. The molecule has 104 valence electrons. The average Bonchev–Trinajstić information content (AvgIpc) is 3.05. The number of hydrogen-bond donors (Lipinski definition) is 1. The van der Waals surface area contributed by atoms with Gasteiger partial charge in [0.1, 0.15) is 0 Å². The zero-order chi connectivity index (χ0) is 13.7. The first-order valence-corrected chi connectivity index (χ1v) is 6.91. The minimum atomic E-state index is 0.419. The van der Waals surface area contributed by atoms with Crippen molar-refractivity contribution in [3.05, 3.63) is 35.7 Å². The van der Waals surface area contributed by atoms with Crippen LogP contribution in [0.2, 0.25) is 0 Å². The first-order valence-electron chi connectivity index (χ1n) is 6.91. The van der Waals surface area contributed by atoms with Crippen molar-refractivity contribution in [1.82, 2.24) is 20.0 Å². The molecular formula is C14H22N4O. The van der Waals surface area contributed by atoms with Crippen LogP contribution in [-0.4, -0.2) is 21.8 Å². The summed E-state index contributed by atoms with van der Waals surface area (Å²) < 4.78 is 7.21. The second kappa shape index (κ2) is 6.52. The lowest BCUT2D eigenvalue weighted by Crippen LogP contribution is -2.15. The molecule has 0 saturated carbocycles. The summed E-state index contributed by atoms with van der Waals surface area (Å²) in [4.78, 5) is 4.32. The van der Waals surface area contributed by atoms with Gasteiger partial charge in [-0.25, -0.2) is 0 Å². The third-order valence-electron chi connectivity index (χ3n) is 3.24. The summed E-state index contributed by atoms with van der Waals surface area (Å²) in [6.45, 7) is 4.87. The van der Waals surface area contributed by atoms with Crippen molar-refractivity contribution in [2.75, 3.05) is 7.05 Å². The number of hydrogen-bond acceptors (Lipinski definition) is 4. The molecule has 2 aromatic rings. The van der Waals surface area contributed by atoms with Crippen molar-refractivity contribution in [2.45, 2.75) is 45.7 Å². The van der Waals surface area contributed by atoms with Crippen LogP contribution >= 0.6 is 0 Å². The lowest BCUT2D eigenvalue weighted by atomic mass is 10.1. The van der Waals surface area contributed by atoms with E-state index in [2.05, 4.69) is 45.4 Å². The van der Waals surface area contributed by atoms with Crippen molar-refractivity contribution in [3.63, 3.8) is 0 Å². The fourth-order valence-corrected chi connectivity index (χ4v) is 2.19. The second-order valence-corrected chi connectivity index (χ2v) is 4.71. The fourth-order valence-electron chi connectivity index (χ4n) is 2.19. The molecule has 1 atom stereocenters. The predicted octanol–water partition coefficient (Wildman–Crippen LogP) is 2.54. The molecule has 0 aliphatic heterocycles. The maximum absolute atomic E-state index is 5.11. The Kier molecular flexibility index (Phi) is 4.74. The standard InChI is InChI=1S/C14H22N4O/c1-4-6-12(15-3)11-7-8-18(9-11)10-13-16-14(5-2)19-17-13/h7-9,12,15H,4-6,10H2,1-3H3. The van der Waals surface area contributed by atoms with Crippen LogP contribution in [-0.2, 0) is 13.0 Å². The average molecular weight is 262 g/mol. The van der Waals surface area contributed by atoms with Crippen LogP contribution in [0.1, 0.15) is 50.0 Å². The third-order valence-corrected chi connectivity index (χ3v) is 3.24. The molecule has 0 spiro atoms. The first kappa shape index (κ1) is 13.8. The normalized spacial score (nSPS) is 12.8. The van der Waals surface area contributed by atoms with Gasteiger partial charge in [0.15, 0.2) is 5.82 Å². The van der Waals surface area contributed by atoms with E-state index in [9.17, 15) is 0 Å². The molecule has 0 fully saturated rings. The maximum Gasteiger partial charge on any atom is 0.226 e. The number of rotatable bonds is 7. The van der Waals surface area contributed by atoms with Gasteiger partial charge in [-0.3, -0.25) is 0 Å². The van der Waals surface area contributed by atoms with Gasteiger partial charge in [0.05, 0.1) is 6.54 Å². The number of nitrogens with zero attached hydrogens (tertiary/aromatic N) is 3. The van der Waals surface area contributed by atoms with Gasteiger partial charge in [0, 0.05) is 24.9 Å². The van der Waals surface area contributed by atoms with E-state index in [4.69, 9.17) is 4.52 Å². The van der Waals surface area contributed by atoms with E-state index >= 15 is 0 Å². The van der Waals surface area contributed by atoms with Crippen molar-refractivity contribution in [3.8, 4) is 0 Å². The van der Waals surface area contributed by atoms with E-state index < -0.39 is 0 Å². The van der Waals surface area contributed by atoms with Crippen LogP contribution < -0.4 is 5.32 Å². The van der Waals surface area contributed by atoms with Crippen LogP contribution in [0.5, 0.6) is 0 Å². The number of aromatic nitrogens is 3. The maximum atomic E-state index is 5.11. The van der Waals surface area contributed by atoms with Crippen LogP contribution in [0.15, 0.2) is 23.0 Å². The smallest absolute Gasteiger partial charge is 0.226 e. The van der Waals surface area contributed by atoms with Gasteiger partial charge >= 0.3 is 0 Å². The number of nitrogens with one attached hydrogen (secondary N) is 1. The van der Waals surface area contributed by atoms with Crippen LogP contribution in [0, 0.1) is 0 Å². The molecule has 2 aromatic heterocycles. The summed E-state index contributed by atoms with van der Waals surface area (Å²) in [6.07, 6.45) is 7.31. The molecule has 0 aromatic carbocycles. The zero-order valence-electron chi connectivity index (χ0n) is 11.9. The Morgan fingerprint density at radius 3 is 2.89 bits per heavy atom. The van der Waals surface area contributed by atoms with Crippen molar-refractivity contribution >= 4 is 0 Å². The molecule has 0 bridgehead atoms. The lowest BCUT2D eigenvalue weighted by Gasteiger charge is -2.13. The van der Waals surface area contributed by atoms with E-state index in [0.29, 0.717) is 18.5 Å². The highest BCUT2D eigenvalue weighted by molar-refractivity contribution is 5.16. The molecule has 5 nitrogen and oxygen atoms in total. The lowest BCUT2D eigenvalue weighted by molar-refractivity contribution is 0.375. The van der Waals surface area contributed by atoms with E-state index in [-0.39, 0.29) is 0 Å². The zero-order valence-corrected chi connectivity index (χ0v) is 11.9. The third kappa shape index (κ3) is 3.44. The van der Waals surface area contributed by atoms with Gasteiger partial charge in [0.2, 0.25) is 5.89 Å². The van der Waals surface area contributed by atoms with Gasteiger partial charge in [-0.2, -0.15) is 4.98 Å². The fraction of sp³-hybridized carbons (Fsp3) is 0.571. The summed E-state index contributed by atoms with van der Waals surface area (Å²) in [7, 11) is 2.00. The Morgan fingerprint density at radius 1 is 1.42 bits per heavy atom. The minimum Gasteiger partial charge on any atom is -0.346 e. The molecule has 0 aliphatic carbocycles.